The molecule has 20 heavy (non-hydrogen) atoms. The van der Waals surface area contributed by atoms with E-state index in [0.717, 1.165) is 51.4 Å². The van der Waals surface area contributed by atoms with Crippen molar-refractivity contribution in [3.63, 3.8) is 0 Å². The summed E-state index contributed by atoms with van der Waals surface area (Å²) in [7, 11) is 0. The molecule has 0 aromatic carbocycles. The predicted octanol–water partition coefficient (Wildman–Crippen LogP) is 2.96. The Hall–Kier alpha value is -1.06. The molecule has 4 nitrogen and oxygen atoms in total. The van der Waals surface area contributed by atoms with Gasteiger partial charge < -0.3 is 10.4 Å². The van der Waals surface area contributed by atoms with E-state index < -0.39 is 5.97 Å². The highest BCUT2D eigenvalue weighted by molar-refractivity contribution is 5.82. The molecule has 2 saturated carbocycles. The Bertz CT molecular complexity index is 361. The van der Waals surface area contributed by atoms with Crippen LogP contribution >= 0.6 is 0 Å². The summed E-state index contributed by atoms with van der Waals surface area (Å²) >= 11 is 0. The summed E-state index contributed by atoms with van der Waals surface area (Å²) in [5.74, 6) is -0.736. The second-order valence-electron chi connectivity index (χ2n) is 6.82. The quantitative estimate of drug-likeness (QED) is 0.832. The Morgan fingerprint density at radius 1 is 1.10 bits per heavy atom. The fraction of sp³-hybridized carbons (Fsp3) is 0.875. The van der Waals surface area contributed by atoms with Gasteiger partial charge in [0.1, 0.15) is 0 Å². The Kier molecular flexibility index (Phi) is 5.06. The van der Waals surface area contributed by atoms with E-state index in [1.54, 1.807) is 0 Å². The van der Waals surface area contributed by atoms with Gasteiger partial charge in [0.25, 0.3) is 0 Å². The molecule has 0 aromatic heterocycles. The van der Waals surface area contributed by atoms with E-state index in [2.05, 4.69) is 12.2 Å². The third-order valence-corrected chi connectivity index (χ3v) is 5.26. The Labute approximate surface area is 121 Å². The third-order valence-electron chi connectivity index (χ3n) is 5.26. The van der Waals surface area contributed by atoms with E-state index >= 15 is 0 Å². The van der Waals surface area contributed by atoms with Gasteiger partial charge in [0, 0.05) is 12.0 Å². The topological polar surface area (TPSA) is 66.4 Å². The van der Waals surface area contributed by atoms with Gasteiger partial charge in [-0.3, -0.25) is 9.59 Å². The van der Waals surface area contributed by atoms with Crippen LogP contribution in [0.3, 0.4) is 0 Å². The van der Waals surface area contributed by atoms with Gasteiger partial charge in [-0.15, -0.1) is 0 Å². The smallest absolute Gasteiger partial charge is 0.306 e. The number of carboxylic acid groups (broad SMARTS) is 1. The first kappa shape index (κ1) is 15.3. The number of rotatable bonds is 4. The third kappa shape index (κ3) is 3.53. The van der Waals surface area contributed by atoms with Crippen LogP contribution in [0.5, 0.6) is 0 Å². The van der Waals surface area contributed by atoms with Crippen LogP contribution in [0.25, 0.3) is 0 Å². The summed E-state index contributed by atoms with van der Waals surface area (Å²) in [4.78, 5) is 23.6. The number of carbonyl (C=O) groups excluding carboxylic acids is 1. The van der Waals surface area contributed by atoms with Crippen LogP contribution in [0.2, 0.25) is 0 Å². The van der Waals surface area contributed by atoms with E-state index in [1.165, 1.54) is 6.42 Å². The highest BCUT2D eigenvalue weighted by atomic mass is 16.4. The lowest BCUT2D eigenvalue weighted by atomic mass is 9.74. The molecule has 2 rings (SSSR count). The molecule has 0 saturated heterocycles. The summed E-state index contributed by atoms with van der Waals surface area (Å²) < 4.78 is 0. The van der Waals surface area contributed by atoms with Crippen LogP contribution in [0, 0.1) is 17.3 Å². The number of nitrogens with one attached hydrogen (secondary N) is 1. The Morgan fingerprint density at radius 2 is 1.75 bits per heavy atom. The largest absolute Gasteiger partial charge is 0.481 e. The number of hydrogen-bond donors (Lipinski definition) is 2. The van der Waals surface area contributed by atoms with Gasteiger partial charge in [-0.2, -0.15) is 0 Å². The van der Waals surface area contributed by atoms with Crippen LogP contribution in [0.15, 0.2) is 0 Å². The van der Waals surface area contributed by atoms with Crippen LogP contribution in [0.4, 0.5) is 0 Å². The van der Waals surface area contributed by atoms with Gasteiger partial charge in [0.05, 0.1) is 5.92 Å². The van der Waals surface area contributed by atoms with Crippen molar-refractivity contribution in [3.05, 3.63) is 0 Å². The van der Waals surface area contributed by atoms with Crippen molar-refractivity contribution >= 4 is 11.9 Å². The molecule has 0 radical (unpaired) electrons. The summed E-state index contributed by atoms with van der Waals surface area (Å²) in [6, 6.07) is 0. The van der Waals surface area contributed by atoms with Crippen LogP contribution in [-0.4, -0.2) is 23.5 Å². The van der Waals surface area contributed by atoms with E-state index in [1.807, 2.05) is 0 Å². The summed E-state index contributed by atoms with van der Waals surface area (Å²) in [5.41, 5.74) is -0.231. The fourth-order valence-corrected chi connectivity index (χ4v) is 3.77. The molecule has 0 spiro atoms. The molecule has 2 atom stereocenters. The van der Waals surface area contributed by atoms with Crippen LogP contribution in [-0.2, 0) is 9.59 Å². The summed E-state index contributed by atoms with van der Waals surface area (Å²) in [6.45, 7) is 2.59. The van der Waals surface area contributed by atoms with Gasteiger partial charge in [0.2, 0.25) is 5.91 Å². The molecule has 2 unspecified atom stereocenters. The average molecular weight is 281 g/mol. The highest BCUT2D eigenvalue weighted by Gasteiger charge is 2.36. The van der Waals surface area contributed by atoms with Gasteiger partial charge in [0.15, 0.2) is 0 Å². The zero-order valence-corrected chi connectivity index (χ0v) is 12.5. The van der Waals surface area contributed by atoms with Crippen LogP contribution < -0.4 is 5.32 Å². The molecular formula is C16H27NO3. The first-order chi connectivity index (χ1) is 9.53. The maximum absolute atomic E-state index is 12.4. The van der Waals surface area contributed by atoms with E-state index in [4.69, 9.17) is 0 Å². The molecule has 0 aromatic rings. The molecule has 0 heterocycles. The second kappa shape index (κ2) is 6.59. The molecular weight excluding hydrogens is 254 g/mol. The number of hydrogen-bond acceptors (Lipinski definition) is 2. The lowest BCUT2D eigenvalue weighted by molar-refractivity contribution is -0.145. The first-order valence-electron chi connectivity index (χ1n) is 8.04. The SMILES string of the molecule is CC1(C(=O)NCC2CCCCC2C(=O)O)CCCCC1. The fourth-order valence-electron chi connectivity index (χ4n) is 3.77. The number of carbonyl (C=O) groups is 2. The van der Waals surface area contributed by atoms with Crippen molar-refractivity contribution < 1.29 is 14.7 Å². The molecule has 2 N–H and O–H groups in total. The number of carboxylic acids is 1. The normalized spacial score (nSPS) is 29.6. The first-order valence-corrected chi connectivity index (χ1v) is 8.04. The van der Waals surface area contributed by atoms with Gasteiger partial charge >= 0.3 is 5.97 Å². The second-order valence-corrected chi connectivity index (χ2v) is 6.82. The molecule has 114 valence electrons. The van der Waals surface area contributed by atoms with E-state index in [9.17, 15) is 14.7 Å². The average Bonchev–Trinajstić information content (AvgIpc) is 2.45. The zero-order chi connectivity index (χ0) is 14.6. The van der Waals surface area contributed by atoms with E-state index in [-0.39, 0.29) is 23.2 Å². The van der Waals surface area contributed by atoms with Crippen molar-refractivity contribution in [2.45, 2.75) is 64.7 Å². The minimum absolute atomic E-state index is 0.109. The van der Waals surface area contributed by atoms with Gasteiger partial charge in [-0.25, -0.2) is 0 Å². The maximum atomic E-state index is 12.4. The summed E-state index contributed by atoms with van der Waals surface area (Å²) in [6.07, 6.45) is 9.18. The predicted molar refractivity (Wildman–Crippen MR) is 77.3 cm³/mol. The molecule has 4 heteroatoms. The monoisotopic (exact) mass is 281 g/mol. The highest BCUT2D eigenvalue weighted by Crippen LogP contribution is 2.36. The molecule has 0 bridgehead atoms. The van der Waals surface area contributed by atoms with Crippen LogP contribution in [0.1, 0.15) is 64.7 Å². The molecule has 1 amide bonds. The van der Waals surface area contributed by atoms with Crippen molar-refractivity contribution in [2.75, 3.05) is 6.54 Å². The maximum Gasteiger partial charge on any atom is 0.306 e. The van der Waals surface area contributed by atoms with Crippen molar-refractivity contribution in [1.29, 1.82) is 0 Å². The Morgan fingerprint density at radius 3 is 2.40 bits per heavy atom. The lowest BCUT2D eigenvalue weighted by Gasteiger charge is -2.34. The standard InChI is InChI=1S/C16H27NO3/c1-16(9-5-2-6-10-16)15(20)17-11-12-7-3-4-8-13(12)14(18)19/h12-13H,2-11H2,1H3,(H,17,20)(H,18,19). The number of amides is 1. The minimum Gasteiger partial charge on any atom is -0.481 e. The minimum atomic E-state index is -0.701. The molecule has 2 fully saturated rings. The van der Waals surface area contributed by atoms with Crippen molar-refractivity contribution in [1.82, 2.24) is 5.32 Å². The van der Waals surface area contributed by atoms with Crippen molar-refractivity contribution in [2.24, 2.45) is 17.3 Å². The Balaban J connectivity index is 1.86. The van der Waals surface area contributed by atoms with Crippen molar-refractivity contribution in [3.8, 4) is 0 Å². The number of aliphatic carboxylic acids is 1. The molecule has 2 aliphatic carbocycles. The van der Waals surface area contributed by atoms with E-state index in [0.29, 0.717) is 6.54 Å². The molecule has 2 aliphatic rings. The van der Waals surface area contributed by atoms with Gasteiger partial charge in [-0.1, -0.05) is 39.0 Å². The molecule has 0 aliphatic heterocycles. The zero-order valence-electron chi connectivity index (χ0n) is 12.5. The lowest BCUT2D eigenvalue weighted by Crippen LogP contribution is -2.44. The van der Waals surface area contributed by atoms with Gasteiger partial charge in [-0.05, 0) is 31.6 Å². The summed E-state index contributed by atoms with van der Waals surface area (Å²) in [5, 5.41) is 12.3.